The molecular weight excluding hydrogens is 601 g/mol. The Balaban J connectivity index is 1.36. The van der Waals surface area contributed by atoms with E-state index in [-0.39, 0.29) is 38.2 Å². The molecule has 0 aromatic heterocycles. The summed E-state index contributed by atoms with van der Waals surface area (Å²) in [4.78, 5) is 76.3. The first kappa shape index (κ1) is 29.6. The number of hydrogen-bond donors (Lipinski definition) is 0. The van der Waals surface area contributed by atoms with Crippen LogP contribution in [0, 0.1) is 22.0 Å². The van der Waals surface area contributed by atoms with E-state index in [1.54, 1.807) is 0 Å². The predicted molar refractivity (Wildman–Crippen MR) is 154 cm³/mol. The van der Waals surface area contributed by atoms with Crippen LogP contribution in [0.1, 0.15) is 43.9 Å². The van der Waals surface area contributed by atoms with Crippen molar-refractivity contribution in [2.75, 3.05) is 6.54 Å². The third-order valence-corrected chi connectivity index (χ3v) is 7.86. The quantitative estimate of drug-likeness (QED) is 0.0625. The van der Waals surface area contributed by atoms with Crippen LogP contribution in [-0.4, -0.2) is 51.0 Å². The van der Waals surface area contributed by atoms with Crippen molar-refractivity contribution in [1.82, 2.24) is 10.0 Å². The highest BCUT2D eigenvalue weighted by atomic mass is 35.5. The summed E-state index contributed by atoms with van der Waals surface area (Å²) in [7, 11) is 0. The van der Waals surface area contributed by atoms with E-state index in [1.165, 1.54) is 66.7 Å². The first-order chi connectivity index (χ1) is 20.5. The summed E-state index contributed by atoms with van der Waals surface area (Å²) >= 11 is 12.1. The Morgan fingerprint density at radius 1 is 0.837 bits per heavy atom. The Bertz CT molecular complexity index is 1660. The molecule has 1 heterocycles. The summed E-state index contributed by atoms with van der Waals surface area (Å²) in [6, 6.07) is 14.3. The van der Waals surface area contributed by atoms with Crippen LogP contribution in [-0.2, 0) is 9.59 Å². The Morgan fingerprint density at radius 2 is 1.40 bits per heavy atom. The summed E-state index contributed by atoms with van der Waals surface area (Å²) in [5.74, 6) is -4.50. The molecule has 11 nitrogen and oxygen atoms in total. The summed E-state index contributed by atoms with van der Waals surface area (Å²) in [5, 5.41) is 12.7. The number of nitro groups is 1. The molecule has 0 N–H and O–H groups in total. The van der Waals surface area contributed by atoms with Gasteiger partial charge < -0.3 is 4.74 Å². The normalized spacial score (nSPS) is 17.4. The lowest BCUT2D eigenvalue weighted by atomic mass is 9.85. The zero-order chi connectivity index (χ0) is 30.8. The van der Waals surface area contributed by atoms with Gasteiger partial charge in [0.15, 0.2) is 5.78 Å². The number of ether oxygens (including phenoxy) is 1. The SMILES string of the molecule is O=C(CN(C(=O)c1ccc(Cl)c(Cl)c1)N1C(=O)[C@@H]2CC=CC[C@H]2C1=O)c1ccc(OC(=O)c2ccc([N+](=O)[O-])cc2)cc1. The molecule has 3 aromatic rings. The van der Waals surface area contributed by atoms with Crippen LogP contribution in [0.3, 0.4) is 0 Å². The van der Waals surface area contributed by atoms with Crippen LogP contribution >= 0.6 is 23.2 Å². The number of carbonyl (C=O) groups excluding carboxylic acids is 5. The van der Waals surface area contributed by atoms with Crippen molar-refractivity contribution in [3.63, 3.8) is 0 Å². The zero-order valence-electron chi connectivity index (χ0n) is 22.1. The average molecular weight is 622 g/mol. The molecule has 0 spiro atoms. The highest BCUT2D eigenvalue weighted by molar-refractivity contribution is 6.42. The van der Waals surface area contributed by atoms with Gasteiger partial charge in [0, 0.05) is 23.3 Å². The van der Waals surface area contributed by atoms with E-state index in [0.29, 0.717) is 12.8 Å². The highest BCUT2D eigenvalue weighted by Gasteiger charge is 2.51. The number of amides is 3. The molecule has 0 unspecified atom stereocenters. The minimum absolute atomic E-state index is 0.0179. The molecule has 0 radical (unpaired) electrons. The van der Waals surface area contributed by atoms with Crippen molar-refractivity contribution < 1.29 is 33.6 Å². The number of halogens is 2. The van der Waals surface area contributed by atoms with Crippen LogP contribution in [0.4, 0.5) is 5.69 Å². The number of rotatable bonds is 8. The van der Waals surface area contributed by atoms with Crippen molar-refractivity contribution in [3.05, 3.63) is 116 Å². The van der Waals surface area contributed by atoms with E-state index in [0.717, 1.165) is 10.0 Å². The van der Waals surface area contributed by atoms with Gasteiger partial charge >= 0.3 is 5.97 Å². The molecule has 43 heavy (non-hydrogen) atoms. The van der Waals surface area contributed by atoms with Crippen LogP contribution in [0.15, 0.2) is 78.9 Å². The molecule has 2 aliphatic rings. The molecule has 0 saturated carbocycles. The van der Waals surface area contributed by atoms with Gasteiger partial charge in [0.05, 0.1) is 32.4 Å². The molecule has 13 heteroatoms. The molecule has 2 atom stereocenters. The fraction of sp³-hybridized carbons (Fsp3) is 0.167. The topological polar surface area (TPSA) is 144 Å². The second-order valence-corrected chi connectivity index (χ2v) is 10.6. The molecule has 1 aliphatic carbocycles. The molecule has 3 aromatic carbocycles. The van der Waals surface area contributed by atoms with Crippen LogP contribution in [0.2, 0.25) is 10.0 Å². The first-order valence-corrected chi connectivity index (χ1v) is 13.7. The Morgan fingerprint density at radius 3 is 1.95 bits per heavy atom. The van der Waals surface area contributed by atoms with Gasteiger partial charge in [-0.25, -0.2) is 9.80 Å². The van der Waals surface area contributed by atoms with Crippen LogP contribution < -0.4 is 4.74 Å². The van der Waals surface area contributed by atoms with E-state index in [2.05, 4.69) is 0 Å². The number of fused-ring (bicyclic) bond motifs is 1. The number of imide groups is 1. The number of ketones is 1. The number of nitro benzene ring substituents is 1. The number of hydrazine groups is 1. The van der Waals surface area contributed by atoms with Crippen molar-refractivity contribution in [1.29, 1.82) is 0 Å². The number of non-ortho nitro benzene ring substituents is 1. The summed E-state index contributed by atoms with van der Waals surface area (Å²) in [5.41, 5.74) is 0.0290. The van der Waals surface area contributed by atoms with Gasteiger partial charge in [0.1, 0.15) is 12.3 Å². The first-order valence-electron chi connectivity index (χ1n) is 12.9. The van der Waals surface area contributed by atoms with Crippen molar-refractivity contribution in [3.8, 4) is 5.75 Å². The van der Waals surface area contributed by atoms with Gasteiger partial charge in [0.2, 0.25) is 0 Å². The molecule has 1 aliphatic heterocycles. The standard InChI is InChI=1S/C30H21Cl2N3O8/c31-24-14-9-19(15-25(24)32)27(37)33(34-28(38)22-3-1-2-4-23(22)29(34)39)16-26(36)17-7-12-21(13-8-17)43-30(40)18-5-10-20(11-6-18)35(41)42/h1-2,5-15,22-23H,3-4,16H2/t22-,23-/m1/s1. The number of allylic oxidation sites excluding steroid dienone is 2. The smallest absolute Gasteiger partial charge is 0.343 e. The van der Waals surface area contributed by atoms with Gasteiger partial charge in [-0.2, -0.15) is 5.01 Å². The monoisotopic (exact) mass is 621 g/mol. The number of hydrogen-bond acceptors (Lipinski definition) is 8. The lowest BCUT2D eigenvalue weighted by Crippen LogP contribution is -2.52. The lowest BCUT2D eigenvalue weighted by molar-refractivity contribution is -0.384. The third kappa shape index (κ3) is 6.04. The minimum Gasteiger partial charge on any atom is -0.423 e. The Kier molecular flexibility index (Phi) is 8.38. The number of Topliss-reactive ketones (excluding diaryl/α,β-unsaturated/α-hetero) is 1. The second kappa shape index (κ2) is 12.2. The van der Waals surface area contributed by atoms with Crippen molar-refractivity contribution >= 4 is 58.4 Å². The van der Waals surface area contributed by atoms with Crippen molar-refractivity contribution in [2.24, 2.45) is 11.8 Å². The summed E-state index contributed by atoms with van der Waals surface area (Å²) < 4.78 is 5.29. The molecule has 0 bridgehead atoms. The van der Waals surface area contributed by atoms with E-state index in [9.17, 15) is 34.1 Å². The molecule has 218 valence electrons. The molecule has 1 fully saturated rings. The van der Waals surface area contributed by atoms with Crippen molar-refractivity contribution in [2.45, 2.75) is 12.8 Å². The highest BCUT2D eigenvalue weighted by Crippen LogP contribution is 2.36. The fourth-order valence-electron chi connectivity index (χ4n) is 4.85. The number of carbonyl (C=O) groups is 5. The van der Waals surface area contributed by atoms with E-state index < -0.39 is 52.8 Å². The molecule has 3 amide bonds. The zero-order valence-corrected chi connectivity index (χ0v) is 23.7. The maximum Gasteiger partial charge on any atom is 0.343 e. The molecule has 5 rings (SSSR count). The number of benzene rings is 3. The third-order valence-electron chi connectivity index (χ3n) is 7.12. The average Bonchev–Trinajstić information content (AvgIpc) is 3.26. The second-order valence-electron chi connectivity index (χ2n) is 9.78. The van der Waals surface area contributed by atoms with Gasteiger partial charge in [0.25, 0.3) is 23.4 Å². The Labute approximate surface area is 254 Å². The summed E-state index contributed by atoms with van der Waals surface area (Å²) in [6.45, 7) is -0.647. The van der Waals surface area contributed by atoms with Crippen LogP contribution in [0.25, 0.3) is 0 Å². The minimum atomic E-state index is -0.797. The largest absolute Gasteiger partial charge is 0.423 e. The van der Waals surface area contributed by atoms with E-state index in [1.807, 2.05) is 12.2 Å². The lowest BCUT2D eigenvalue weighted by Gasteiger charge is -2.30. The summed E-state index contributed by atoms with van der Waals surface area (Å²) in [6.07, 6.45) is 4.30. The van der Waals surface area contributed by atoms with E-state index in [4.69, 9.17) is 27.9 Å². The predicted octanol–water partition coefficient (Wildman–Crippen LogP) is 5.31. The van der Waals surface area contributed by atoms with E-state index >= 15 is 0 Å². The van der Waals surface area contributed by atoms with Gasteiger partial charge in [-0.05, 0) is 67.4 Å². The Hall–Kier alpha value is -4.87. The van der Waals surface area contributed by atoms with Crippen LogP contribution in [0.5, 0.6) is 5.75 Å². The maximum absolute atomic E-state index is 13.6. The number of nitrogens with zero attached hydrogens (tertiary/aromatic N) is 3. The molecule has 1 saturated heterocycles. The fourth-order valence-corrected chi connectivity index (χ4v) is 5.15. The molecular formula is C30H21Cl2N3O8. The van der Waals surface area contributed by atoms with Gasteiger partial charge in [-0.1, -0.05) is 35.4 Å². The number of esters is 1. The van der Waals surface area contributed by atoms with Gasteiger partial charge in [-0.3, -0.25) is 29.3 Å². The van der Waals surface area contributed by atoms with Gasteiger partial charge in [-0.15, -0.1) is 0 Å². The maximum atomic E-state index is 13.6.